The lowest BCUT2D eigenvalue weighted by atomic mass is 10.1. The quantitative estimate of drug-likeness (QED) is 0.505. The van der Waals surface area contributed by atoms with Gasteiger partial charge in [0.25, 0.3) is 0 Å². The van der Waals surface area contributed by atoms with Crippen LogP contribution in [0.3, 0.4) is 0 Å². The summed E-state index contributed by atoms with van der Waals surface area (Å²) in [6.45, 7) is 0. The first-order valence-corrected chi connectivity index (χ1v) is 7.20. The van der Waals surface area contributed by atoms with Gasteiger partial charge >= 0.3 is 0 Å². The monoisotopic (exact) mass is 314 g/mol. The van der Waals surface area contributed by atoms with Crippen LogP contribution >= 0.6 is 0 Å². The second-order valence-electron chi connectivity index (χ2n) is 5.07. The molecule has 0 amide bonds. The molecule has 2 aromatic carbocycles. The van der Waals surface area contributed by atoms with Gasteiger partial charge in [-0.3, -0.25) is 0 Å². The Morgan fingerprint density at radius 1 is 1.17 bits per heavy atom. The van der Waals surface area contributed by atoms with Crippen LogP contribution < -0.4 is 11.1 Å². The van der Waals surface area contributed by atoms with Gasteiger partial charge in [0.2, 0.25) is 5.95 Å². The van der Waals surface area contributed by atoms with Crippen LogP contribution in [-0.2, 0) is 0 Å². The molecule has 0 fully saturated rings. The van der Waals surface area contributed by atoms with Crippen LogP contribution in [0.1, 0.15) is 11.1 Å². The van der Waals surface area contributed by atoms with Gasteiger partial charge in [-0.15, -0.1) is 0 Å². The molecule has 1 heterocycles. The predicted octanol–water partition coefficient (Wildman–Crippen LogP) is 3.34. The number of hydrogen-bond acceptors (Lipinski definition) is 6. The fourth-order valence-electron chi connectivity index (χ4n) is 2.23. The zero-order valence-electron chi connectivity index (χ0n) is 12.7. The maximum absolute atomic E-state index is 9.01. The van der Waals surface area contributed by atoms with E-state index in [9.17, 15) is 0 Å². The molecule has 0 spiro atoms. The lowest BCUT2D eigenvalue weighted by Crippen LogP contribution is -2.00. The molecule has 0 unspecified atom stereocenters. The number of rotatable bonds is 4. The van der Waals surface area contributed by atoms with E-state index in [1.165, 1.54) is 6.21 Å². The molecule has 0 bridgehead atoms. The molecule has 24 heavy (non-hydrogen) atoms. The SMILES string of the molecule is N#Cc1cccc(-c2ccnc(Nc3ccc(N)c(C=N)c3)n2)c1. The molecule has 0 aliphatic carbocycles. The van der Waals surface area contributed by atoms with Crippen molar-refractivity contribution in [1.82, 2.24) is 9.97 Å². The molecule has 6 heteroatoms. The van der Waals surface area contributed by atoms with E-state index < -0.39 is 0 Å². The fourth-order valence-corrected chi connectivity index (χ4v) is 2.23. The summed E-state index contributed by atoms with van der Waals surface area (Å²) >= 11 is 0. The van der Waals surface area contributed by atoms with Gasteiger partial charge in [0, 0.05) is 34.9 Å². The number of aromatic nitrogens is 2. The molecular weight excluding hydrogens is 300 g/mol. The highest BCUT2D eigenvalue weighted by Gasteiger charge is 2.05. The van der Waals surface area contributed by atoms with Gasteiger partial charge in [0.1, 0.15) is 0 Å². The Bertz CT molecular complexity index is 942. The molecule has 0 aliphatic rings. The minimum Gasteiger partial charge on any atom is -0.398 e. The molecule has 0 radical (unpaired) electrons. The summed E-state index contributed by atoms with van der Waals surface area (Å²) in [4.78, 5) is 8.68. The number of nitriles is 1. The number of nitrogens with one attached hydrogen (secondary N) is 2. The summed E-state index contributed by atoms with van der Waals surface area (Å²) in [5.41, 5.74) is 9.83. The van der Waals surface area contributed by atoms with E-state index in [1.54, 1.807) is 42.6 Å². The maximum Gasteiger partial charge on any atom is 0.227 e. The zero-order valence-corrected chi connectivity index (χ0v) is 12.7. The zero-order chi connectivity index (χ0) is 16.9. The van der Waals surface area contributed by atoms with Crippen molar-refractivity contribution in [3.8, 4) is 17.3 Å². The van der Waals surface area contributed by atoms with E-state index in [4.69, 9.17) is 16.4 Å². The van der Waals surface area contributed by atoms with Gasteiger partial charge in [-0.2, -0.15) is 5.26 Å². The maximum atomic E-state index is 9.01. The molecule has 3 aromatic rings. The van der Waals surface area contributed by atoms with Crippen LogP contribution in [0, 0.1) is 16.7 Å². The minimum atomic E-state index is 0.426. The van der Waals surface area contributed by atoms with Crippen molar-refractivity contribution in [2.24, 2.45) is 0 Å². The number of nitrogens with two attached hydrogens (primary N) is 1. The van der Waals surface area contributed by atoms with Crippen LogP contribution in [0.5, 0.6) is 0 Å². The Hall–Kier alpha value is -3.72. The summed E-state index contributed by atoms with van der Waals surface area (Å²) in [5, 5.41) is 19.5. The van der Waals surface area contributed by atoms with Crippen molar-refractivity contribution in [3.63, 3.8) is 0 Å². The van der Waals surface area contributed by atoms with E-state index in [-0.39, 0.29) is 0 Å². The highest BCUT2D eigenvalue weighted by atomic mass is 15.1. The lowest BCUT2D eigenvalue weighted by molar-refractivity contribution is 1.17. The van der Waals surface area contributed by atoms with Gasteiger partial charge in [-0.1, -0.05) is 12.1 Å². The normalized spacial score (nSPS) is 9.96. The molecule has 0 aliphatic heterocycles. The average molecular weight is 314 g/mol. The smallest absolute Gasteiger partial charge is 0.227 e. The summed E-state index contributed by atoms with van der Waals surface area (Å²) in [7, 11) is 0. The van der Waals surface area contributed by atoms with E-state index in [0.29, 0.717) is 28.5 Å². The summed E-state index contributed by atoms with van der Waals surface area (Å²) < 4.78 is 0. The lowest BCUT2D eigenvalue weighted by Gasteiger charge is -2.08. The largest absolute Gasteiger partial charge is 0.398 e. The average Bonchev–Trinajstić information content (AvgIpc) is 2.63. The van der Waals surface area contributed by atoms with E-state index >= 15 is 0 Å². The molecular formula is C18H14N6. The van der Waals surface area contributed by atoms with Crippen molar-refractivity contribution < 1.29 is 0 Å². The molecule has 0 atom stereocenters. The third-order valence-electron chi connectivity index (χ3n) is 3.44. The van der Waals surface area contributed by atoms with Crippen molar-refractivity contribution in [1.29, 1.82) is 10.7 Å². The molecule has 0 saturated carbocycles. The van der Waals surface area contributed by atoms with Crippen LogP contribution in [-0.4, -0.2) is 16.2 Å². The van der Waals surface area contributed by atoms with Crippen molar-refractivity contribution in [2.75, 3.05) is 11.1 Å². The molecule has 4 N–H and O–H groups in total. The molecule has 116 valence electrons. The number of benzene rings is 2. The molecule has 0 saturated heterocycles. The van der Waals surface area contributed by atoms with Crippen molar-refractivity contribution in [3.05, 3.63) is 65.9 Å². The number of nitrogen functional groups attached to an aromatic ring is 1. The second kappa shape index (κ2) is 6.58. The van der Waals surface area contributed by atoms with E-state index in [2.05, 4.69) is 21.4 Å². The number of anilines is 3. The highest BCUT2D eigenvalue weighted by Crippen LogP contribution is 2.22. The number of hydrogen-bond donors (Lipinski definition) is 3. The fraction of sp³-hybridized carbons (Fsp3) is 0. The predicted molar refractivity (Wildman–Crippen MR) is 94.2 cm³/mol. The Morgan fingerprint density at radius 3 is 2.83 bits per heavy atom. The van der Waals surface area contributed by atoms with E-state index in [1.807, 2.05) is 12.1 Å². The highest BCUT2D eigenvalue weighted by molar-refractivity contribution is 5.87. The third-order valence-corrected chi connectivity index (χ3v) is 3.44. The van der Waals surface area contributed by atoms with Gasteiger partial charge in [0.15, 0.2) is 0 Å². The third kappa shape index (κ3) is 3.20. The molecule has 3 rings (SSSR count). The van der Waals surface area contributed by atoms with Crippen LogP contribution in [0.25, 0.3) is 11.3 Å². The Balaban J connectivity index is 1.91. The minimum absolute atomic E-state index is 0.426. The van der Waals surface area contributed by atoms with Crippen LogP contribution in [0.15, 0.2) is 54.7 Å². The Morgan fingerprint density at radius 2 is 2.04 bits per heavy atom. The summed E-state index contributed by atoms with van der Waals surface area (Å²) in [6.07, 6.45) is 2.85. The standard InChI is InChI=1S/C18H14N6/c19-10-12-2-1-3-13(8-12)17-6-7-22-18(24-17)23-15-4-5-16(21)14(9-15)11-20/h1-9,11,20H,21H2,(H,22,23,24). The van der Waals surface area contributed by atoms with E-state index in [0.717, 1.165) is 11.3 Å². The van der Waals surface area contributed by atoms with Gasteiger partial charge in [-0.25, -0.2) is 9.97 Å². The first-order valence-electron chi connectivity index (χ1n) is 7.20. The summed E-state index contributed by atoms with van der Waals surface area (Å²) in [5.74, 6) is 0.426. The Labute approximate surface area is 139 Å². The first kappa shape index (κ1) is 15.2. The topological polar surface area (TPSA) is 111 Å². The summed E-state index contributed by atoms with van der Waals surface area (Å²) in [6, 6.07) is 16.4. The number of nitrogens with zero attached hydrogens (tertiary/aromatic N) is 3. The van der Waals surface area contributed by atoms with Crippen LogP contribution in [0.4, 0.5) is 17.3 Å². The van der Waals surface area contributed by atoms with Crippen LogP contribution in [0.2, 0.25) is 0 Å². The molecule has 6 nitrogen and oxygen atoms in total. The van der Waals surface area contributed by atoms with Crippen molar-refractivity contribution >= 4 is 23.5 Å². The molecule has 1 aromatic heterocycles. The van der Waals surface area contributed by atoms with Gasteiger partial charge < -0.3 is 16.5 Å². The Kier molecular flexibility index (Phi) is 4.17. The van der Waals surface area contributed by atoms with Crippen molar-refractivity contribution in [2.45, 2.75) is 0 Å². The van der Waals surface area contributed by atoms with Gasteiger partial charge in [0.05, 0.1) is 17.3 Å². The second-order valence-corrected chi connectivity index (χ2v) is 5.07. The van der Waals surface area contributed by atoms with Gasteiger partial charge in [-0.05, 0) is 36.4 Å². The first-order chi connectivity index (χ1) is 11.7.